The average Bonchev–Trinajstić information content (AvgIpc) is 3.25. The molecule has 5 rings (SSSR count). The minimum Gasteiger partial charge on any atom is -0.508 e. The highest BCUT2D eigenvalue weighted by atomic mass is 19.4. The maximum absolute atomic E-state index is 13.3. The molecule has 0 saturated carbocycles. The van der Waals surface area contributed by atoms with Crippen LogP contribution in [0.5, 0.6) is 5.75 Å². The highest BCUT2D eigenvalue weighted by molar-refractivity contribution is 6.11. The standard InChI is InChI=1S/C33H26F3N3O3/c1-20-29(38-31(41)28-6-4-3-5-27(28)23-7-13-24(14-8-23)33(34,35)36)19-39(2)30(20)32(42)37-25-15-9-21(10-16-25)22-11-17-26(40)18-12-22/h3-19,40H,1-2H3,(H,37,42)(H,38,41). The molecule has 0 unspecified atom stereocenters. The molecule has 0 atom stereocenters. The lowest BCUT2D eigenvalue weighted by molar-refractivity contribution is -0.137. The topological polar surface area (TPSA) is 83.4 Å². The highest BCUT2D eigenvalue weighted by Gasteiger charge is 2.30. The number of aromatic nitrogens is 1. The summed E-state index contributed by atoms with van der Waals surface area (Å²) in [7, 11) is 1.70. The molecule has 2 amide bonds. The van der Waals surface area contributed by atoms with Crippen LogP contribution in [-0.2, 0) is 13.2 Å². The van der Waals surface area contributed by atoms with Gasteiger partial charge in [0.1, 0.15) is 11.4 Å². The van der Waals surface area contributed by atoms with Crippen molar-refractivity contribution >= 4 is 23.2 Å². The van der Waals surface area contributed by atoms with Crippen LogP contribution in [0.3, 0.4) is 0 Å². The second kappa shape index (κ2) is 11.3. The zero-order chi connectivity index (χ0) is 30.0. The van der Waals surface area contributed by atoms with Crippen LogP contribution in [0.15, 0.2) is 103 Å². The fourth-order valence-electron chi connectivity index (χ4n) is 4.76. The number of carbonyl (C=O) groups excluding carboxylic acids is 2. The number of benzene rings is 4. The number of anilines is 2. The number of amides is 2. The van der Waals surface area contributed by atoms with E-state index >= 15 is 0 Å². The number of alkyl halides is 3. The predicted octanol–water partition coefficient (Wildman–Crippen LogP) is 7.90. The zero-order valence-electron chi connectivity index (χ0n) is 22.7. The summed E-state index contributed by atoms with van der Waals surface area (Å²) in [5.41, 5.74) is 4.21. The summed E-state index contributed by atoms with van der Waals surface area (Å²) in [6, 6.07) is 25.4. The third-order valence-corrected chi connectivity index (χ3v) is 6.94. The number of carbonyl (C=O) groups is 2. The first-order chi connectivity index (χ1) is 20.0. The number of phenols is 1. The number of aromatic hydroxyl groups is 1. The quantitative estimate of drug-likeness (QED) is 0.194. The number of halogens is 3. The summed E-state index contributed by atoms with van der Waals surface area (Å²) in [5, 5.41) is 15.2. The number of nitrogens with zero attached hydrogens (tertiary/aromatic N) is 1. The molecule has 3 N–H and O–H groups in total. The van der Waals surface area contributed by atoms with Crippen molar-refractivity contribution in [3.63, 3.8) is 0 Å². The van der Waals surface area contributed by atoms with Crippen molar-refractivity contribution in [2.75, 3.05) is 10.6 Å². The summed E-state index contributed by atoms with van der Waals surface area (Å²) >= 11 is 0. The maximum atomic E-state index is 13.3. The summed E-state index contributed by atoms with van der Waals surface area (Å²) in [6.45, 7) is 1.72. The Morgan fingerprint density at radius 3 is 1.93 bits per heavy atom. The van der Waals surface area contributed by atoms with Crippen LogP contribution in [0.1, 0.15) is 32.0 Å². The first kappa shape index (κ1) is 28.2. The van der Waals surface area contributed by atoms with E-state index in [1.165, 1.54) is 12.1 Å². The van der Waals surface area contributed by atoms with Gasteiger partial charge in [-0.2, -0.15) is 13.2 Å². The van der Waals surface area contributed by atoms with E-state index in [0.717, 1.165) is 23.3 Å². The molecule has 42 heavy (non-hydrogen) atoms. The molecule has 0 saturated heterocycles. The number of aryl methyl sites for hydroxylation is 1. The Morgan fingerprint density at radius 2 is 1.31 bits per heavy atom. The number of hydrogen-bond acceptors (Lipinski definition) is 3. The summed E-state index contributed by atoms with van der Waals surface area (Å²) in [6.07, 6.45) is -2.82. The molecule has 0 spiro atoms. The molecule has 4 aromatic carbocycles. The minimum absolute atomic E-state index is 0.180. The van der Waals surface area contributed by atoms with Gasteiger partial charge in [-0.3, -0.25) is 9.59 Å². The van der Waals surface area contributed by atoms with E-state index in [1.807, 2.05) is 12.1 Å². The molecular weight excluding hydrogens is 543 g/mol. The van der Waals surface area contributed by atoms with E-state index < -0.39 is 17.6 Å². The fourth-order valence-corrected chi connectivity index (χ4v) is 4.76. The summed E-state index contributed by atoms with van der Waals surface area (Å²) in [4.78, 5) is 26.5. The lowest BCUT2D eigenvalue weighted by atomic mass is 9.98. The third-order valence-electron chi connectivity index (χ3n) is 6.94. The van der Waals surface area contributed by atoms with Crippen molar-refractivity contribution < 1.29 is 27.9 Å². The molecule has 0 bridgehead atoms. The minimum atomic E-state index is -4.46. The van der Waals surface area contributed by atoms with Crippen molar-refractivity contribution in [1.82, 2.24) is 4.57 Å². The van der Waals surface area contributed by atoms with Gasteiger partial charge in [-0.15, -0.1) is 0 Å². The summed E-state index contributed by atoms with van der Waals surface area (Å²) in [5.74, 6) is -0.645. The zero-order valence-corrected chi connectivity index (χ0v) is 22.7. The molecule has 1 heterocycles. The normalized spacial score (nSPS) is 11.3. The number of nitrogens with one attached hydrogen (secondary N) is 2. The molecule has 6 nitrogen and oxygen atoms in total. The van der Waals surface area contributed by atoms with Gasteiger partial charge in [-0.25, -0.2) is 0 Å². The monoisotopic (exact) mass is 569 g/mol. The van der Waals surface area contributed by atoms with Gasteiger partial charge >= 0.3 is 6.18 Å². The largest absolute Gasteiger partial charge is 0.508 e. The summed E-state index contributed by atoms with van der Waals surface area (Å²) < 4.78 is 40.7. The van der Waals surface area contributed by atoms with Gasteiger partial charge < -0.3 is 20.3 Å². The molecule has 212 valence electrons. The molecule has 0 aliphatic rings. The molecule has 0 aliphatic carbocycles. The Bertz CT molecular complexity index is 1760. The van der Waals surface area contributed by atoms with Crippen LogP contribution in [0.2, 0.25) is 0 Å². The first-order valence-corrected chi connectivity index (χ1v) is 13.0. The van der Waals surface area contributed by atoms with Crippen LogP contribution in [-0.4, -0.2) is 21.5 Å². The van der Waals surface area contributed by atoms with E-state index in [-0.39, 0.29) is 17.2 Å². The van der Waals surface area contributed by atoms with Crippen LogP contribution in [0.25, 0.3) is 22.3 Å². The van der Waals surface area contributed by atoms with Gasteiger partial charge in [-0.05, 0) is 71.6 Å². The Labute approximate surface area is 240 Å². The Morgan fingerprint density at radius 1 is 0.738 bits per heavy atom. The molecule has 0 aliphatic heterocycles. The van der Waals surface area contributed by atoms with Gasteiger partial charge in [0, 0.05) is 30.1 Å². The highest BCUT2D eigenvalue weighted by Crippen LogP contribution is 2.32. The van der Waals surface area contributed by atoms with Gasteiger partial charge in [0.15, 0.2) is 0 Å². The predicted molar refractivity (Wildman–Crippen MR) is 156 cm³/mol. The fraction of sp³-hybridized carbons (Fsp3) is 0.0909. The maximum Gasteiger partial charge on any atom is 0.416 e. The molecule has 9 heteroatoms. The third kappa shape index (κ3) is 5.90. The van der Waals surface area contributed by atoms with Crippen molar-refractivity contribution in [1.29, 1.82) is 0 Å². The molecule has 5 aromatic rings. The van der Waals surface area contributed by atoms with E-state index in [1.54, 1.807) is 85.4 Å². The smallest absolute Gasteiger partial charge is 0.416 e. The molecule has 0 radical (unpaired) electrons. The lowest BCUT2D eigenvalue weighted by Gasteiger charge is -2.12. The van der Waals surface area contributed by atoms with Crippen molar-refractivity contribution in [2.45, 2.75) is 13.1 Å². The molecular formula is C33H26F3N3O3. The van der Waals surface area contributed by atoms with Gasteiger partial charge in [0.2, 0.25) is 0 Å². The second-order valence-corrected chi connectivity index (χ2v) is 9.78. The van der Waals surface area contributed by atoms with Gasteiger partial charge in [0.25, 0.3) is 11.8 Å². The number of rotatable bonds is 6. The van der Waals surface area contributed by atoms with Crippen LogP contribution in [0, 0.1) is 6.92 Å². The number of hydrogen-bond donors (Lipinski definition) is 3. The molecule has 0 fully saturated rings. The Hall–Kier alpha value is -5.31. The first-order valence-electron chi connectivity index (χ1n) is 13.0. The van der Waals surface area contributed by atoms with Crippen molar-refractivity contribution in [3.8, 4) is 28.0 Å². The SMILES string of the molecule is Cc1c(NC(=O)c2ccccc2-c2ccc(C(F)(F)F)cc2)cn(C)c1C(=O)Nc1ccc(-c2ccc(O)cc2)cc1. The van der Waals surface area contributed by atoms with E-state index in [4.69, 9.17) is 0 Å². The second-order valence-electron chi connectivity index (χ2n) is 9.78. The molecule has 1 aromatic heterocycles. The van der Waals surface area contributed by atoms with E-state index in [9.17, 15) is 27.9 Å². The van der Waals surface area contributed by atoms with Crippen LogP contribution in [0.4, 0.5) is 24.5 Å². The number of phenolic OH excluding ortho intramolecular Hbond substituents is 1. The van der Waals surface area contributed by atoms with E-state index in [2.05, 4.69) is 10.6 Å². The van der Waals surface area contributed by atoms with Gasteiger partial charge in [-0.1, -0.05) is 54.6 Å². The lowest BCUT2D eigenvalue weighted by Crippen LogP contribution is -2.17. The van der Waals surface area contributed by atoms with Crippen molar-refractivity contribution in [2.24, 2.45) is 7.05 Å². The van der Waals surface area contributed by atoms with Gasteiger partial charge in [0.05, 0.1) is 11.3 Å². The van der Waals surface area contributed by atoms with Crippen molar-refractivity contribution in [3.05, 3.63) is 126 Å². The van der Waals surface area contributed by atoms with Crippen LogP contribution < -0.4 is 10.6 Å². The average molecular weight is 570 g/mol. The Balaban J connectivity index is 1.33. The van der Waals surface area contributed by atoms with Crippen LogP contribution >= 0.6 is 0 Å². The van der Waals surface area contributed by atoms with E-state index in [0.29, 0.717) is 33.8 Å². The Kier molecular flexibility index (Phi) is 7.58.